The molecule has 2 aromatic rings. The minimum Gasteiger partial charge on any atom is -0.380 e. The third kappa shape index (κ3) is 3.72. The zero-order valence-corrected chi connectivity index (χ0v) is 11.2. The highest BCUT2D eigenvalue weighted by Gasteiger charge is 2.10. The molecule has 0 unspecified atom stereocenters. The molecule has 0 spiro atoms. The lowest BCUT2D eigenvalue weighted by Crippen LogP contribution is -2.26. The lowest BCUT2D eigenvalue weighted by atomic mass is 10.1. The summed E-state index contributed by atoms with van der Waals surface area (Å²) in [7, 11) is 0. The van der Waals surface area contributed by atoms with Crippen molar-refractivity contribution in [2.75, 3.05) is 26.3 Å². The van der Waals surface area contributed by atoms with Crippen LogP contribution in [0, 0.1) is 0 Å². The number of amides is 1. The molecule has 0 bridgehead atoms. The van der Waals surface area contributed by atoms with Crippen molar-refractivity contribution >= 4 is 16.9 Å². The number of carbonyl (C=O) groups is 1. The van der Waals surface area contributed by atoms with Gasteiger partial charge in [0.1, 0.15) is 5.52 Å². The number of ether oxygens (including phenoxy) is 1. The second-order valence-corrected chi connectivity index (χ2v) is 4.24. The number of nitrogens with zero attached hydrogens (tertiary/aromatic N) is 2. The molecule has 1 amide bonds. The lowest BCUT2D eigenvalue weighted by Gasteiger charge is -2.07. The van der Waals surface area contributed by atoms with Gasteiger partial charge in [0.05, 0.1) is 17.7 Å². The van der Waals surface area contributed by atoms with Crippen molar-refractivity contribution in [1.82, 2.24) is 15.3 Å². The van der Waals surface area contributed by atoms with Crippen LogP contribution in [0.5, 0.6) is 0 Å². The number of nitrogens with two attached hydrogens (primary N) is 1. The predicted octanol–water partition coefficient (Wildman–Crippen LogP) is 0.725. The monoisotopic (exact) mass is 274 g/mol. The van der Waals surface area contributed by atoms with Crippen molar-refractivity contribution in [3.63, 3.8) is 0 Å². The molecule has 6 nitrogen and oxygen atoms in total. The van der Waals surface area contributed by atoms with Crippen LogP contribution in [0.2, 0.25) is 0 Å². The lowest BCUT2D eigenvalue weighted by molar-refractivity contribution is 0.0944. The Labute approximate surface area is 117 Å². The summed E-state index contributed by atoms with van der Waals surface area (Å²) in [5, 5.41) is 2.85. The summed E-state index contributed by atoms with van der Waals surface area (Å²) in [6, 6.07) is 5.38. The van der Waals surface area contributed by atoms with E-state index in [9.17, 15) is 4.79 Å². The number of hydrogen-bond acceptors (Lipinski definition) is 5. The van der Waals surface area contributed by atoms with E-state index < -0.39 is 0 Å². The van der Waals surface area contributed by atoms with E-state index in [1.165, 1.54) is 0 Å². The summed E-state index contributed by atoms with van der Waals surface area (Å²) in [4.78, 5) is 20.5. The van der Waals surface area contributed by atoms with E-state index in [1.54, 1.807) is 24.5 Å². The van der Waals surface area contributed by atoms with Crippen LogP contribution in [0.1, 0.15) is 16.8 Å². The van der Waals surface area contributed by atoms with Gasteiger partial charge < -0.3 is 15.8 Å². The summed E-state index contributed by atoms with van der Waals surface area (Å²) in [6.07, 6.45) is 3.95. The molecule has 1 aromatic carbocycles. The molecule has 1 aromatic heterocycles. The largest absolute Gasteiger partial charge is 0.380 e. The Balaban J connectivity index is 1.91. The molecule has 0 radical (unpaired) electrons. The summed E-state index contributed by atoms with van der Waals surface area (Å²) in [5.74, 6) is -0.144. The quantitative estimate of drug-likeness (QED) is 0.726. The zero-order valence-electron chi connectivity index (χ0n) is 11.2. The smallest absolute Gasteiger partial charge is 0.253 e. The van der Waals surface area contributed by atoms with E-state index in [4.69, 9.17) is 10.5 Å². The second kappa shape index (κ2) is 7.52. The number of carbonyl (C=O) groups excluding carboxylic acids is 1. The Bertz CT molecular complexity index is 569. The fourth-order valence-corrected chi connectivity index (χ4v) is 1.83. The van der Waals surface area contributed by atoms with Gasteiger partial charge in [0.2, 0.25) is 0 Å². The van der Waals surface area contributed by atoms with Gasteiger partial charge in [-0.25, -0.2) is 0 Å². The molecule has 0 aliphatic heterocycles. The fraction of sp³-hybridized carbons (Fsp3) is 0.357. The highest BCUT2D eigenvalue weighted by molar-refractivity contribution is 6.04. The predicted molar refractivity (Wildman–Crippen MR) is 76.4 cm³/mol. The van der Waals surface area contributed by atoms with Gasteiger partial charge in [0, 0.05) is 32.1 Å². The van der Waals surface area contributed by atoms with Crippen LogP contribution in [0.3, 0.4) is 0 Å². The zero-order chi connectivity index (χ0) is 14.2. The summed E-state index contributed by atoms with van der Waals surface area (Å²) >= 11 is 0. The first kappa shape index (κ1) is 14.4. The molecule has 1 heterocycles. The van der Waals surface area contributed by atoms with Gasteiger partial charge in [-0.15, -0.1) is 0 Å². The van der Waals surface area contributed by atoms with Gasteiger partial charge in [-0.05, 0) is 18.6 Å². The molecule has 0 saturated heterocycles. The van der Waals surface area contributed by atoms with E-state index in [1.807, 2.05) is 6.07 Å². The van der Waals surface area contributed by atoms with Crippen molar-refractivity contribution in [2.45, 2.75) is 6.42 Å². The van der Waals surface area contributed by atoms with Crippen LogP contribution in [-0.2, 0) is 4.74 Å². The Kier molecular flexibility index (Phi) is 5.40. The number of para-hydroxylation sites is 1. The molecule has 0 atom stereocenters. The average molecular weight is 274 g/mol. The topological polar surface area (TPSA) is 90.1 Å². The van der Waals surface area contributed by atoms with Crippen molar-refractivity contribution in [2.24, 2.45) is 5.73 Å². The van der Waals surface area contributed by atoms with Crippen LogP contribution in [-0.4, -0.2) is 42.2 Å². The first-order valence-electron chi connectivity index (χ1n) is 6.58. The molecular weight excluding hydrogens is 256 g/mol. The Morgan fingerprint density at radius 3 is 2.95 bits per heavy atom. The minimum atomic E-state index is -0.144. The molecule has 20 heavy (non-hydrogen) atoms. The maximum Gasteiger partial charge on any atom is 0.253 e. The van der Waals surface area contributed by atoms with E-state index >= 15 is 0 Å². The maximum atomic E-state index is 12.1. The van der Waals surface area contributed by atoms with Gasteiger partial charge in [0.25, 0.3) is 5.91 Å². The van der Waals surface area contributed by atoms with E-state index in [-0.39, 0.29) is 5.91 Å². The number of rotatable bonds is 7. The van der Waals surface area contributed by atoms with Crippen molar-refractivity contribution in [3.8, 4) is 0 Å². The van der Waals surface area contributed by atoms with E-state index in [0.717, 1.165) is 6.42 Å². The number of aromatic nitrogens is 2. The molecular formula is C14H18N4O2. The van der Waals surface area contributed by atoms with Gasteiger partial charge in [-0.2, -0.15) is 0 Å². The molecule has 3 N–H and O–H groups in total. The Morgan fingerprint density at radius 2 is 2.10 bits per heavy atom. The normalized spacial score (nSPS) is 10.7. The van der Waals surface area contributed by atoms with Crippen LogP contribution in [0.15, 0.2) is 30.6 Å². The van der Waals surface area contributed by atoms with Crippen molar-refractivity contribution in [3.05, 3.63) is 36.2 Å². The maximum absolute atomic E-state index is 12.1. The van der Waals surface area contributed by atoms with Crippen LogP contribution in [0.25, 0.3) is 11.0 Å². The summed E-state index contributed by atoms with van der Waals surface area (Å²) < 4.78 is 5.24. The Hall–Kier alpha value is -2.05. The first-order valence-corrected chi connectivity index (χ1v) is 6.58. The van der Waals surface area contributed by atoms with Gasteiger partial charge in [0.15, 0.2) is 0 Å². The molecule has 0 aliphatic rings. The first-order chi connectivity index (χ1) is 9.83. The van der Waals surface area contributed by atoms with Gasteiger partial charge in [-0.3, -0.25) is 14.8 Å². The molecule has 6 heteroatoms. The number of benzene rings is 1. The molecule has 0 saturated carbocycles. The molecule has 0 fully saturated rings. The standard InChI is InChI=1S/C14H18N4O2/c15-5-10-20-9-2-6-18-14(19)11-3-1-4-12-13(11)17-8-7-16-12/h1,3-4,7-8H,2,5-6,9-10,15H2,(H,18,19). The van der Waals surface area contributed by atoms with E-state index in [0.29, 0.717) is 42.9 Å². The summed E-state index contributed by atoms with van der Waals surface area (Å²) in [5.41, 5.74) is 7.18. The summed E-state index contributed by atoms with van der Waals surface area (Å²) in [6.45, 7) is 2.21. The molecule has 106 valence electrons. The number of nitrogens with one attached hydrogen (secondary N) is 1. The third-order valence-electron chi connectivity index (χ3n) is 2.76. The van der Waals surface area contributed by atoms with Crippen molar-refractivity contribution in [1.29, 1.82) is 0 Å². The average Bonchev–Trinajstić information content (AvgIpc) is 2.50. The third-order valence-corrected chi connectivity index (χ3v) is 2.76. The molecule has 0 aliphatic carbocycles. The van der Waals surface area contributed by atoms with Crippen LogP contribution in [0.4, 0.5) is 0 Å². The Morgan fingerprint density at radius 1 is 1.25 bits per heavy atom. The second-order valence-electron chi connectivity index (χ2n) is 4.24. The van der Waals surface area contributed by atoms with Crippen molar-refractivity contribution < 1.29 is 9.53 Å². The fourth-order valence-electron chi connectivity index (χ4n) is 1.83. The van der Waals surface area contributed by atoms with Gasteiger partial charge in [-0.1, -0.05) is 6.07 Å². The number of hydrogen-bond donors (Lipinski definition) is 2. The highest BCUT2D eigenvalue weighted by atomic mass is 16.5. The molecule has 2 rings (SSSR count). The number of fused-ring (bicyclic) bond motifs is 1. The SMILES string of the molecule is NCCOCCCNC(=O)c1cccc2nccnc12. The highest BCUT2D eigenvalue weighted by Crippen LogP contribution is 2.13. The van der Waals surface area contributed by atoms with Gasteiger partial charge >= 0.3 is 0 Å². The minimum absolute atomic E-state index is 0.144. The van der Waals surface area contributed by atoms with Crippen LogP contribution < -0.4 is 11.1 Å². The van der Waals surface area contributed by atoms with E-state index in [2.05, 4.69) is 15.3 Å². The van der Waals surface area contributed by atoms with Crippen LogP contribution >= 0.6 is 0 Å².